The van der Waals surface area contributed by atoms with Crippen LogP contribution in [0.25, 0.3) is 6.08 Å². The maximum absolute atomic E-state index is 13.1. The van der Waals surface area contributed by atoms with Crippen LogP contribution < -0.4 is 14.8 Å². The first-order valence-corrected chi connectivity index (χ1v) is 10.9. The van der Waals surface area contributed by atoms with Crippen LogP contribution in [0.4, 0.5) is 18.9 Å². The van der Waals surface area contributed by atoms with Crippen molar-refractivity contribution in [1.29, 1.82) is 0 Å². The van der Waals surface area contributed by atoms with Crippen molar-refractivity contribution in [2.24, 2.45) is 4.99 Å². The average Bonchev–Trinajstić information content (AvgIpc) is 3.11. The van der Waals surface area contributed by atoms with Gasteiger partial charge in [-0.15, -0.1) is 0 Å². The number of aliphatic carboxylic acids is 1. The zero-order valence-corrected chi connectivity index (χ0v) is 19.3. The van der Waals surface area contributed by atoms with Crippen molar-refractivity contribution >= 4 is 52.2 Å². The molecular weight excluding hydrogens is 497 g/mol. The molecule has 0 aromatic heterocycles. The molecule has 180 valence electrons. The third-order valence-corrected chi connectivity index (χ3v) is 5.78. The van der Waals surface area contributed by atoms with Crippen LogP contribution in [0.3, 0.4) is 0 Å². The van der Waals surface area contributed by atoms with Crippen LogP contribution in [-0.4, -0.2) is 35.4 Å². The summed E-state index contributed by atoms with van der Waals surface area (Å²) in [5.41, 5.74) is -0.492. The van der Waals surface area contributed by atoms with Crippen LogP contribution in [0.2, 0.25) is 5.02 Å². The normalized spacial score (nSPS) is 17.1. The Morgan fingerprint density at radius 3 is 2.62 bits per heavy atom. The van der Waals surface area contributed by atoms with Crippen molar-refractivity contribution in [2.45, 2.75) is 25.6 Å². The molecule has 34 heavy (non-hydrogen) atoms. The fourth-order valence-electron chi connectivity index (χ4n) is 2.88. The standard InChI is InChI=1S/C22H18ClF3N2O5S/c1-3-15(20(30)31)33-16-7-4-11(8-17(16)32-2)9-18-19(29)28-21(34-18)27-12-5-6-14(23)13(10-12)22(24,25)26/h4-10,15H,3H2,1-2H3,(H,30,31)(H,27,28,29)/b18-9+. The molecule has 0 bridgehead atoms. The molecule has 2 N–H and O–H groups in total. The van der Waals surface area contributed by atoms with Crippen LogP contribution in [0.15, 0.2) is 46.3 Å². The third-order valence-electron chi connectivity index (χ3n) is 4.54. The Bertz CT molecular complexity index is 1180. The molecule has 1 unspecified atom stereocenters. The van der Waals surface area contributed by atoms with Crippen molar-refractivity contribution in [3.05, 3.63) is 57.5 Å². The first kappa shape index (κ1) is 25.4. The smallest absolute Gasteiger partial charge is 0.417 e. The van der Waals surface area contributed by atoms with Gasteiger partial charge in [-0.2, -0.15) is 13.2 Å². The van der Waals surface area contributed by atoms with E-state index >= 15 is 0 Å². The van der Waals surface area contributed by atoms with Gasteiger partial charge in [0.25, 0.3) is 5.91 Å². The van der Waals surface area contributed by atoms with Gasteiger partial charge in [0, 0.05) is 0 Å². The van der Waals surface area contributed by atoms with Gasteiger partial charge in [0.1, 0.15) is 0 Å². The van der Waals surface area contributed by atoms with Crippen molar-refractivity contribution < 1.29 is 37.3 Å². The number of halogens is 4. The number of methoxy groups -OCH3 is 1. The van der Waals surface area contributed by atoms with Gasteiger partial charge in [-0.1, -0.05) is 24.6 Å². The molecule has 2 aromatic carbocycles. The molecule has 1 aliphatic heterocycles. The molecule has 3 rings (SSSR count). The van der Waals surface area contributed by atoms with Gasteiger partial charge in [0.15, 0.2) is 22.8 Å². The number of nitrogens with one attached hydrogen (secondary N) is 1. The molecule has 1 amide bonds. The number of aliphatic imine (C=N–C) groups is 1. The van der Waals surface area contributed by atoms with E-state index < -0.39 is 34.7 Å². The van der Waals surface area contributed by atoms with E-state index in [0.717, 1.165) is 23.9 Å². The van der Waals surface area contributed by atoms with Crippen molar-refractivity contribution in [1.82, 2.24) is 5.32 Å². The predicted molar refractivity (Wildman–Crippen MR) is 123 cm³/mol. The van der Waals surface area contributed by atoms with Crippen LogP contribution in [0.1, 0.15) is 24.5 Å². The number of carboxylic acid groups (broad SMARTS) is 1. The molecule has 0 saturated carbocycles. The van der Waals surface area contributed by atoms with Crippen LogP contribution in [-0.2, 0) is 15.8 Å². The lowest BCUT2D eigenvalue weighted by molar-refractivity contribution is -0.145. The minimum Gasteiger partial charge on any atom is -0.493 e. The number of benzene rings is 2. The summed E-state index contributed by atoms with van der Waals surface area (Å²) < 4.78 is 49.9. The number of carbonyl (C=O) groups is 2. The minimum absolute atomic E-state index is 0.0205. The second-order valence-corrected chi connectivity index (χ2v) is 8.34. The van der Waals surface area contributed by atoms with E-state index in [1.807, 2.05) is 0 Å². The van der Waals surface area contributed by atoms with E-state index in [9.17, 15) is 27.9 Å². The second-order valence-electron chi connectivity index (χ2n) is 6.91. The molecule has 0 spiro atoms. The molecule has 1 saturated heterocycles. The Labute approximate surface area is 201 Å². The SMILES string of the molecule is CCC(Oc1ccc(/C=C2/SC(=Nc3ccc(Cl)c(C(F)(F)F)c3)NC2=O)cc1OC)C(=O)O. The Morgan fingerprint density at radius 2 is 2.00 bits per heavy atom. The number of ether oxygens (including phenoxy) is 2. The highest BCUT2D eigenvalue weighted by atomic mass is 35.5. The number of amides is 1. The molecule has 1 heterocycles. The fourth-order valence-corrected chi connectivity index (χ4v) is 3.95. The van der Waals surface area contributed by atoms with E-state index in [1.165, 1.54) is 25.3 Å². The maximum atomic E-state index is 13.1. The van der Waals surface area contributed by atoms with E-state index in [1.54, 1.807) is 19.1 Å². The fraction of sp³-hybridized carbons (Fsp3) is 0.227. The zero-order chi connectivity index (χ0) is 25.0. The summed E-state index contributed by atoms with van der Waals surface area (Å²) in [5, 5.41) is 11.3. The molecule has 1 atom stereocenters. The van der Waals surface area contributed by atoms with E-state index in [2.05, 4.69) is 10.3 Å². The Hall–Kier alpha value is -3.18. The topological polar surface area (TPSA) is 97.2 Å². The number of amidine groups is 1. The van der Waals surface area contributed by atoms with Gasteiger partial charge in [-0.3, -0.25) is 4.79 Å². The summed E-state index contributed by atoms with van der Waals surface area (Å²) in [4.78, 5) is 27.9. The lowest BCUT2D eigenvalue weighted by Crippen LogP contribution is -2.26. The Morgan fingerprint density at radius 1 is 1.26 bits per heavy atom. The highest BCUT2D eigenvalue weighted by Crippen LogP contribution is 2.38. The number of alkyl halides is 3. The number of hydrogen-bond donors (Lipinski definition) is 2. The Balaban J connectivity index is 1.83. The van der Waals surface area contributed by atoms with E-state index in [4.69, 9.17) is 21.1 Å². The van der Waals surface area contributed by atoms with Crippen molar-refractivity contribution in [3.8, 4) is 11.5 Å². The maximum Gasteiger partial charge on any atom is 0.417 e. The predicted octanol–water partition coefficient (Wildman–Crippen LogP) is 5.50. The van der Waals surface area contributed by atoms with Crippen molar-refractivity contribution in [2.75, 3.05) is 7.11 Å². The quantitative estimate of drug-likeness (QED) is 0.473. The summed E-state index contributed by atoms with van der Waals surface area (Å²) >= 11 is 6.57. The number of hydrogen-bond acceptors (Lipinski definition) is 6. The van der Waals surface area contributed by atoms with Gasteiger partial charge >= 0.3 is 12.1 Å². The first-order chi connectivity index (χ1) is 16.0. The lowest BCUT2D eigenvalue weighted by atomic mass is 10.1. The highest BCUT2D eigenvalue weighted by Gasteiger charge is 2.33. The number of nitrogens with zero attached hydrogens (tertiary/aromatic N) is 1. The summed E-state index contributed by atoms with van der Waals surface area (Å²) in [6, 6.07) is 7.89. The van der Waals surface area contributed by atoms with Gasteiger partial charge < -0.3 is 19.9 Å². The number of carboxylic acids is 1. The number of rotatable bonds is 7. The van der Waals surface area contributed by atoms with Gasteiger partial charge in [0.2, 0.25) is 0 Å². The van der Waals surface area contributed by atoms with Gasteiger partial charge in [-0.05, 0) is 60.2 Å². The summed E-state index contributed by atoms with van der Waals surface area (Å²) in [7, 11) is 1.39. The van der Waals surface area contributed by atoms with Crippen LogP contribution in [0, 0.1) is 0 Å². The average molecular weight is 515 g/mol. The molecule has 1 fully saturated rings. The molecule has 0 radical (unpaired) electrons. The molecule has 7 nitrogen and oxygen atoms in total. The zero-order valence-electron chi connectivity index (χ0n) is 17.8. The van der Waals surface area contributed by atoms with Gasteiger partial charge in [0.05, 0.1) is 28.3 Å². The lowest BCUT2D eigenvalue weighted by Gasteiger charge is -2.16. The largest absolute Gasteiger partial charge is 0.493 e. The van der Waals surface area contributed by atoms with E-state index in [-0.39, 0.29) is 33.7 Å². The second kappa shape index (κ2) is 10.4. The number of thioether (sulfide) groups is 1. The summed E-state index contributed by atoms with van der Waals surface area (Å²) in [6.45, 7) is 1.67. The number of carbonyl (C=O) groups excluding carboxylic acids is 1. The molecule has 2 aromatic rings. The first-order valence-electron chi connectivity index (χ1n) is 9.75. The van der Waals surface area contributed by atoms with Crippen LogP contribution >= 0.6 is 23.4 Å². The van der Waals surface area contributed by atoms with Crippen LogP contribution in [0.5, 0.6) is 11.5 Å². The molecule has 12 heteroatoms. The summed E-state index contributed by atoms with van der Waals surface area (Å²) in [6.07, 6.45) is -3.90. The molecular formula is C22H18ClF3N2O5S. The Kier molecular flexibility index (Phi) is 7.78. The minimum atomic E-state index is -4.64. The molecule has 0 aliphatic carbocycles. The summed E-state index contributed by atoms with van der Waals surface area (Å²) in [5.74, 6) is -1.09. The monoisotopic (exact) mass is 514 g/mol. The third kappa shape index (κ3) is 6.03. The van der Waals surface area contributed by atoms with Gasteiger partial charge in [-0.25, -0.2) is 9.79 Å². The highest BCUT2D eigenvalue weighted by molar-refractivity contribution is 8.18. The van der Waals surface area contributed by atoms with Crippen molar-refractivity contribution in [3.63, 3.8) is 0 Å². The molecule has 1 aliphatic rings. The van der Waals surface area contributed by atoms with E-state index in [0.29, 0.717) is 5.56 Å².